The number of aromatic nitrogens is 2. The maximum atomic E-state index is 12.6. The second kappa shape index (κ2) is 6.67. The summed E-state index contributed by atoms with van der Waals surface area (Å²) in [5.74, 6) is 1.83. The second-order valence-corrected chi connectivity index (χ2v) is 7.53. The third-order valence-electron chi connectivity index (χ3n) is 5.52. The van der Waals surface area contributed by atoms with Gasteiger partial charge in [-0.3, -0.25) is 4.68 Å². The van der Waals surface area contributed by atoms with Crippen LogP contribution in [0.3, 0.4) is 0 Å². The van der Waals surface area contributed by atoms with Gasteiger partial charge in [0.15, 0.2) is 0 Å². The molecule has 1 saturated heterocycles. The zero-order valence-electron chi connectivity index (χ0n) is 15.8. The Morgan fingerprint density at radius 2 is 1.81 bits per heavy atom. The monoisotopic (exact) mass is 353 g/mol. The van der Waals surface area contributed by atoms with Gasteiger partial charge < -0.3 is 15.1 Å². The fourth-order valence-electron chi connectivity index (χ4n) is 3.51. The van der Waals surface area contributed by atoms with Crippen LogP contribution in [-0.2, 0) is 7.05 Å². The molecule has 2 amide bonds. The van der Waals surface area contributed by atoms with E-state index in [0.29, 0.717) is 5.92 Å². The fourth-order valence-corrected chi connectivity index (χ4v) is 3.51. The van der Waals surface area contributed by atoms with Crippen molar-refractivity contribution >= 4 is 17.5 Å². The minimum Gasteiger partial charge on any atom is -0.353 e. The Kier molecular flexibility index (Phi) is 4.34. The van der Waals surface area contributed by atoms with Crippen LogP contribution in [0.4, 0.5) is 16.3 Å². The Labute approximate surface area is 154 Å². The fraction of sp³-hybridized carbons (Fsp3) is 0.500. The molecule has 0 spiro atoms. The minimum atomic E-state index is -0.0171. The van der Waals surface area contributed by atoms with E-state index in [2.05, 4.69) is 35.2 Å². The Morgan fingerprint density at radius 1 is 1.08 bits per heavy atom. The van der Waals surface area contributed by atoms with Crippen LogP contribution in [-0.4, -0.2) is 46.9 Å². The number of nitrogens with zero attached hydrogens (tertiary/aromatic N) is 4. The zero-order valence-corrected chi connectivity index (χ0v) is 15.8. The van der Waals surface area contributed by atoms with Gasteiger partial charge in [0.25, 0.3) is 0 Å². The van der Waals surface area contributed by atoms with E-state index in [1.54, 1.807) is 0 Å². The third kappa shape index (κ3) is 3.41. The van der Waals surface area contributed by atoms with Crippen LogP contribution in [0.15, 0.2) is 24.3 Å². The quantitative estimate of drug-likeness (QED) is 0.921. The molecule has 0 radical (unpaired) electrons. The average molecular weight is 353 g/mol. The highest BCUT2D eigenvalue weighted by Crippen LogP contribution is 2.40. The van der Waals surface area contributed by atoms with Gasteiger partial charge >= 0.3 is 6.03 Å². The summed E-state index contributed by atoms with van der Waals surface area (Å²) < 4.78 is 1.98. The van der Waals surface area contributed by atoms with Crippen molar-refractivity contribution in [2.75, 3.05) is 36.4 Å². The first-order valence-electron chi connectivity index (χ1n) is 9.43. The molecule has 1 aliphatic heterocycles. The molecule has 0 unspecified atom stereocenters. The smallest absolute Gasteiger partial charge is 0.321 e. The summed E-state index contributed by atoms with van der Waals surface area (Å²) in [4.78, 5) is 16.8. The number of carbonyl (C=O) groups is 1. The van der Waals surface area contributed by atoms with Crippen molar-refractivity contribution in [1.82, 2.24) is 14.7 Å². The highest BCUT2D eigenvalue weighted by atomic mass is 16.2. The van der Waals surface area contributed by atoms with Crippen LogP contribution in [0.2, 0.25) is 0 Å². The van der Waals surface area contributed by atoms with Gasteiger partial charge in [-0.15, -0.1) is 0 Å². The molecule has 0 bridgehead atoms. The second-order valence-electron chi connectivity index (χ2n) is 7.53. The van der Waals surface area contributed by atoms with E-state index in [1.807, 2.05) is 34.8 Å². The van der Waals surface area contributed by atoms with E-state index in [9.17, 15) is 4.79 Å². The maximum absolute atomic E-state index is 12.6. The Morgan fingerprint density at radius 3 is 2.46 bits per heavy atom. The molecule has 1 aliphatic carbocycles. The summed E-state index contributed by atoms with van der Waals surface area (Å²) in [5, 5.41) is 7.68. The summed E-state index contributed by atoms with van der Waals surface area (Å²) in [6, 6.07) is 8.24. The number of carbonyl (C=O) groups excluding carboxylic acids is 1. The number of hydrogen-bond donors (Lipinski definition) is 1. The molecule has 6 nitrogen and oxygen atoms in total. The zero-order chi connectivity index (χ0) is 18.3. The van der Waals surface area contributed by atoms with Gasteiger partial charge in [0, 0.05) is 50.9 Å². The van der Waals surface area contributed by atoms with Gasteiger partial charge in [-0.1, -0.05) is 6.07 Å². The first-order chi connectivity index (χ1) is 12.5. The molecule has 1 aromatic carbocycles. The third-order valence-corrected chi connectivity index (χ3v) is 5.52. The van der Waals surface area contributed by atoms with Gasteiger partial charge in [0.05, 0.1) is 5.69 Å². The molecule has 138 valence electrons. The predicted molar refractivity (Wildman–Crippen MR) is 104 cm³/mol. The average Bonchev–Trinajstić information content (AvgIpc) is 3.41. The van der Waals surface area contributed by atoms with Crippen molar-refractivity contribution in [2.24, 2.45) is 7.05 Å². The number of hydrogen-bond acceptors (Lipinski definition) is 3. The summed E-state index contributed by atoms with van der Waals surface area (Å²) >= 11 is 0. The number of benzene rings is 1. The van der Waals surface area contributed by atoms with Crippen molar-refractivity contribution < 1.29 is 4.79 Å². The van der Waals surface area contributed by atoms with E-state index in [0.717, 1.165) is 31.9 Å². The molecular weight excluding hydrogens is 326 g/mol. The molecule has 4 rings (SSSR count). The number of anilines is 2. The van der Waals surface area contributed by atoms with Crippen LogP contribution < -0.4 is 10.2 Å². The first-order valence-corrected chi connectivity index (χ1v) is 9.43. The molecule has 2 fully saturated rings. The van der Waals surface area contributed by atoms with Gasteiger partial charge in [-0.25, -0.2) is 4.79 Å². The Hall–Kier alpha value is -2.50. The van der Waals surface area contributed by atoms with Crippen molar-refractivity contribution in [2.45, 2.75) is 32.6 Å². The van der Waals surface area contributed by atoms with Crippen LogP contribution in [0.5, 0.6) is 0 Å². The molecule has 2 aromatic rings. The lowest BCUT2D eigenvalue weighted by molar-refractivity contribution is 0.208. The highest BCUT2D eigenvalue weighted by Gasteiger charge is 2.29. The van der Waals surface area contributed by atoms with E-state index in [1.165, 1.54) is 35.5 Å². The lowest BCUT2D eigenvalue weighted by atomic mass is 10.1. The van der Waals surface area contributed by atoms with E-state index in [-0.39, 0.29) is 6.03 Å². The van der Waals surface area contributed by atoms with Crippen molar-refractivity contribution in [3.63, 3.8) is 0 Å². The molecule has 2 aliphatic rings. The Balaban J connectivity index is 1.35. The van der Waals surface area contributed by atoms with E-state index in [4.69, 9.17) is 0 Å². The van der Waals surface area contributed by atoms with Crippen LogP contribution in [0.1, 0.15) is 35.6 Å². The van der Waals surface area contributed by atoms with Gasteiger partial charge in [-0.05, 0) is 49.9 Å². The van der Waals surface area contributed by atoms with Gasteiger partial charge in [-0.2, -0.15) is 5.10 Å². The van der Waals surface area contributed by atoms with Crippen molar-refractivity contribution in [1.29, 1.82) is 0 Å². The summed E-state index contributed by atoms with van der Waals surface area (Å²) in [6.45, 7) is 7.26. The largest absolute Gasteiger partial charge is 0.353 e. The number of aryl methyl sites for hydroxylation is 3. The van der Waals surface area contributed by atoms with Crippen LogP contribution in [0.25, 0.3) is 0 Å². The van der Waals surface area contributed by atoms with Gasteiger partial charge in [0.2, 0.25) is 0 Å². The maximum Gasteiger partial charge on any atom is 0.321 e. The lowest BCUT2D eigenvalue weighted by Gasteiger charge is -2.35. The van der Waals surface area contributed by atoms with E-state index < -0.39 is 0 Å². The summed E-state index contributed by atoms with van der Waals surface area (Å²) in [5.41, 5.74) is 4.51. The summed E-state index contributed by atoms with van der Waals surface area (Å²) in [6.07, 6.45) is 2.53. The summed E-state index contributed by atoms with van der Waals surface area (Å²) in [7, 11) is 2.01. The number of urea groups is 1. The first kappa shape index (κ1) is 16.9. The van der Waals surface area contributed by atoms with Gasteiger partial charge in [0.1, 0.15) is 5.82 Å². The minimum absolute atomic E-state index is 0.0171. The van der Waals surface area contributed by atoms with Crippen LogP contribution in [0, 0.1) is 13.8 Å². The molecule has 2 heterocycles. The highest BCUT2D eigenvalue weighted by molar-refractivity contribution is 5.89. The van der Waals surface area contributed by atoms with Crippen molar-refractivity contribution in [3.05, 3.63) is 41.1 Å². The number of rotatable bonds is 3. The number of amides is 2. The predicted octanol–water partition coefficient (Wildman–Crippen LogP) is 3.27. The standard InChI is InChI=1S/C20H27N5O/c1-14-4-7-17(12-15(14)2)21-20(26)25-10-8-24(9-11-25)19-13-18(16-5-6-16)22-23(19)3/h4,7,12-13,16H,5-6,8-11H2,1-3H3,(H,21,26). The Bertz CT molecular complexity index is 816. The lowest BCUT2D eigenvalue weighted by Crippen LogP contribution is -2.50. The molecular formula is C20H27N5O. The number of piperazine rings is 1. The molecule has 1 aromatic heterocycles. The number of nitrogens with one attached hydrogen (secondary N) is 1. The topological polar surface area (TPSA) is 53.4 Å². The van der Waals surface area contributed by atoms with E-state index >= 15 is 0 Å². The molecule has 1 saturated carbocycles. The molecule has 1 N–H and O–H groups in total. The van der Waals surface area contributed by atoms with Crippen molar-refractivity contribution in [3.8, 4) is 0 Å². The van der Waals surface area contributed by atoms with Crippen LogP contribution >= 0.6 is 0 Å². The molecule has 6 heteroatoms. The molecule has 0 atom stereocenters. The normalized spacial score (nSPS) is 17.5. The SMILES string of the molecule is Cc1ccc(NC(=O)N2CCN(c3cc(C4CC4)nn3C)CC2)cc1C. The molecule has 26 heavy (non-hydrogen) atoms.